The first kappa shape index (κ1) is 15.2. The van der Waals surface area contributed by atoms with Crippen molar-refractivity contribution in [3.8, 4) is 5.75 Å². The van der Waals surface area contributed by atoms with Crippen LogP contribution in [0, 0.1) is 5.41 Å². The van der Waals surface area contributed by atoms with E-state index in [-0.39, 0.29) is 11.4 Å². The van der Waals surface area contributed by atoms with Gasteiger partial charge in [0.1, 0.15) is 5.75 Å². The highest BCUT2D eigenvalue weighted by molar-refractivity contribution is 7.80. The molecule has 0 atom stereocenters. The molecule has 0 bridgehead atoms. The standard InChI is InChI=1S/C16H22O3S/c1-2-18-15(17)13-5-7-14(8-6-13)19-11-16(12-20)9-3-4-10-16/h5-8,20H,2-4,9-12H2,1H3. The molecule has 0 saturated heterocycles. The van der Waals surface area contributed by atoms with Crippen LogP contribution in [0.2, 0.25) is 0 Å². The van der Waals surface area contributed by atoms with Gasteiger partial charge in [0.15, 0.2) is 0 Å². The Kier molecular flexibility index (Phi) is 5.35. The van der Waals surface area contributed by atoms with Gasteiger partial charge in [0.05, 0.1) is 18.8 Å². The van der Waals surface area contributed by atoms with Gasteiger partial charge in [0.25, 0.3) is 0 Å². The summed E-state index contributed by atoms with van der Waals surface area (Å²) >= 11 is 4.47. The highest BCUT2D eigenvalue weighted by Crippen LogP contribution is 2.39. The van der Waals surface area contributed by atoms with Crippen LogP contribution in [0.15, 0.2) is 24.3 Å². The lowest BCUT2D eigenvalue weighted by Gasteiger charge is -2.26. The normalized spacial score (nSPS) is 16.9. The van der Waals surface area contributed by atoms with Crippen molar-refractivity contribution in [3.05, 3.63) is 29.8 Å². The molecule has 0 N–H and O–H groups in total. The second-order valence-corrected chi connectivity index (χ2v) is 5.71. The molecule has 0 aliphatic heterocycles. The smallest absolute Gasteiger partial charge is 0.338 e. The molecule has 4 heteroatoms. The van der Waals surface area contributed by atoms with Crippen molar-refractivity contribution in [2.45, 2.75) is 32.6 Å². The number of rotatable bonds is 6. The van der Waals surface area contributed by atoms with Crippen LogP contribution in [-0.4, -0.2) is 24.9 Å². The van der Waals surface area contributed by atoms with Crippen LogP contribution in [0.25, 0.3) is 0 Å². The fourth-order valence-corrected chi connectivity index (χ4v) is 3.02. The Labute approximate surface area is 126 Å². The summed E-state index contributed by atoms with van der Waals surface area (Å²) in [6, 6.07) is 7.14. The van der Waals surface area contributed by atoms with Gasteiger partial charge in [-0.1, -0.05) is 12.8 Å². The summed E-state index contributed by atoms with van der Waals surface area (Å²) in [6.45, 7) is 2.89. The SMILES string of the molecule is CCOC(=O)c1ccc(OCC2(CS)CCCC2)cc1. The zero-order valence-corrected chi connectivity index (χ0v) is 12.8. The van der Waals surface area contributed by atoms with Crippen molar-refractivity contribution in [3.63, 3.8) is 0 Å². The van der Waals surface area contributed by atoms with Gasteiger partial charge in [0.2, 0.25) is 0 Å². The fraction of sp³-hybridized carbons (Fsp3) is 0.562. The van der Waals surface area contributed by atoms with Crippen LogP contribution < -0.4 is 4.74 Å². The third-order valence-electron chi connectivity index (χ3n) is 3.91. The first-order chi connectivity index (χ1) is 9.69. The van der Waals surface area contributed by atoms with E-state index in [2.05, 4.69) is 12.6 Å². The van der Waals surface area contributed by atoms with Crippen molar-refractivity contribution in [1.82, 2.24) is 0 Å². The minimum absolute atomic E-state index is 0.225. The quantitative estimate of drug-likeness (QED) is 0.641. The van der Waals surface area contributed by atoms with E-state index in [4.69, 9.17) is 9.47 Å². The largest absolute Gasteiger partial charge is 0.493 e. The monoisotopic (exact) mass is 294 g/mol. The number of ether oxygens (including phenoxy) is 2. The molecule has 0 heterocycles. The first-order valence-electron chi connectivity index (χ1n) is 7.20. The Morgan fingerprint density at radius 1 is 1.25 bits per heavy atom. The van der Waals surface area contributed by atoms with Crippen molar-refractivity contribution < 1.29 is 14.3 Å². The highest BCUT2D eigenvalue weighted by atomic mass is 32.1. The number of hydrogen-bond donors (Lipinski definition) is 1. The Morgan fingerprint density at radius 2 is 1.90 bits per heavy atom. The first-order valence-corrected chi connectivity index (χ1v) is 7.83. The van der Waals surface area contributed by atoms with Gasteiger partial charge in [-0.25, -0.2) is 4.79 Å². The molecule has 3 nitrogen and oxygen atoms in total. The third kappa shape index (κ3) is 3.69. The Bertz CT molecular complexity index is 436. The van der Waals surface area contributed by atoms with Crippen molar-refractivity contribution in [2.24, 2.45) is 5.41 Å². The zero-order valence-electron chi connectivity index (χ0n) is 11.9. The summed E-state index contributed by atoms with van der Waals surface area (Å²) in [7, 11) is 0. The fourth-order valence-electron chi connectivity index (χ4n) is 2.61. The predicted molar refractivity (Wildman–Crippen MR) is 82.6 cm³/mol. The molecule has 0 amide bonds. The van der Waals surface area contributed by atoms with E-state index in [1.165, 1.54) is 25.7 Å². The van der Waals surface area contributed by atoms with Crippen LogP contribution in [0.5, 0.6) is 5.75 Å². The minimum atomic E-state index is -0.290. The summed E-state index contributed by atoms with van der Waals surface area (Å²) in [6.07, 6.45) is 4.92. The van der Waals surface area contributed by atoms with Gasteiger partial charge >= 0.3 is 5.97 Å². The third-order valence-corrected chi connectivity index (χ3v) is 4.58. The number of carbonyl (C=O) groups is 1. The summed E-state index contributed by atoms with van der Waals surface area (Å²) in [5.41, 5.74) is 0.784. The van der Waals surface area contributed by atoms with Gasteiger partial charge in [-0.2, -0.15) is 12.6 Å². The topological polar surface area (TPSA) is 35.5 Å². The molecule has 0 radical (unpaired) electrons. The van der Waals surface area contributed by atoms with Crippen LogP contribution >= 0.6 is 12.6 Å². The molecule has 1 saturated carbocycles. The highest BCUT2D eigenvalue weighted by Gasteiger charge is 2.33. The number of esters is 1. The van der Waals surface area contributed by atoms with Gasteiger partial charge < -0.3 is 9.47 Å². The molecule has 0 unspecified atom stereocenters. The molecule has 1 aromatic rings. The summed E-state index contributed by atoms with van der Waals surface area (Å²) in [5, 5.41) is 0. The molecule has 2 rings (SSSR count). The number of carbonyl (C=O) groups excluding carboxylic acids is 1. The van der Waals surface area contributed by atoms with E-state index in [0.717, 1.165) is 11.5 Å². The van der Waals surface area contributed by atoms with Gasteiger partial charge in [-0.05, 0) is 49.8 Å². The molecule has 1 fully saturated rings. The van der Waals surface area contributed by atoms with Crippen molar-refractivity contribution in [2.75, 3.05) is 19.0 Å². The lowest BCUT2D eigenvalue weighted by molar-refractivity contribution is 0.0526. The molecule has 1 aromatic carbocycles. The molecule has 0 spiro atoms. The van der Waals surface area contributed by atoms with Crippen LogP contribution in [0.4, 0.5) is 0 Å². The van der Waals surface area contributed by atoms with Crippen LogP contribution in [-0.2, 0) is 4.74 Å². The lowest BCUT2D eigenvalue weighted by Crippen LogP contribution is -2.27. The molecular formula is C16H22O3S. The van der Waals surface area contributed by atoms with E-state index in [1.807, 2.05) is 12.1 Å². The zero-order chi connectivity index (χ0) is 14.4. The van der Waals surface area contributed by atoms with Crippen LogP contribution in [0.3, 0.4) is 0 Å². The molecule has 1 aliphatic carbocycles. The van der Waals surface area contributed by atoms with E-state index in [1.54, 1.807) is 19.1 Å². The Balaban J connectivity index is 1.92. The molecule has 0 aromatic heterocycles. The van der Waals surface area contributed by atoms with E-state index >= 15 is 0 Å². The van der Waals surface area contributed by atoms with Crippen LogP contribution in [0.1, 0.15) is 43.0 Å². The average Bonchev–Trinajstić information content (AvgIpc) is 2.95. The molecule has 20 heavy (non-hydrogen) atoms. The Hall–Kier alpha value is -1.16. The maximum Gasteiger partial charge on any atom is 0.338 e. The van der Waals surface area contributed by atoms with E-state index in [0.29, 0.717) is 18.8 Å². The second kappa shape index (κ2) is 7.02. The maximum absolute atomic E-state index is 11.5. The van der Waals surface area contributed by atoms with E-state index in [9.17, 15) is 4.79 Å². The minimum Gasteiger partial charge on any atom is -0.493 e. The lowest BCUT2D eigenvalue weighted by atomic mass is 9.90. The van der Waals surface area contributed by atoms with E-state index < -0.39 is 0 Å². The Morgan fingerprint density at radius 3 is 2.45 bits per heavy atom. The predicted octanol–water partition coefficient (Wildman–Crippen LogP) is 3.73. The second-order valence-electron chi connectivity index (χ2n) is 5.40. The molecule has 1 aliphatic rings. The summed E-state index contributed by atoms with van der Waals surface area (Å²) in [5.74, 6) is 1.38. The number of thiol groups is 1. The van der Waals surface area contributed by atoms with Crippen molar-refractivity contribution in [1.29, 1.82) is 0 Å². The van der Waals surface area contributed by atoms with Crippen molar-refractivity contribution >= 4 is 18.6 Å². The van der Waals surface area contributed by atoms with Gasteiger partial charge in [-0.15, -0.1) is 0 Å². The van der Waals surface area contributed by atoms with Gasteiger partial charge in [0, 0.05) is 5.41 Å². The average molecular weight is 294 g/mol. The summed E-state index contributed by atoms with van der Waals surface area (Å²) in [4.78, 5) is 11.5. The number of hydrogen-bond acceptors (Lipinski definition) is 4. The molecular weight excluding hydrogens is 272 g/mol. The molecule has 110 valence electrons. The van der Waals surface area contributed by atoms with Gasteiger partial charge in [-0.3, -0.25) is 0 Å². The maximum atomic E-state index is 11.5. The number of benzene rings is 1. The summed E-state index contributed by atoms with van der Waals surface area (Å²) < 4.78 is 10.8.